The summed E-state index contributed by atoms with van der Waals surface area (Å²) in [5.41, 5.74) is 2.95. The third-order valence-corrected chi connectivity index (χ3v) is 3.81. The van der Waals surface area contributed by atoms with Crippen LogP contribution in [0.15, 0.2) is 24.3 Å². The first-order valence-electron chi connectivity index (χ1n) is 5.70. The second-order valence-electron chi connectivity index (χ2n) is 4.86. The van der Waals surface area contributed by atoms with Crippen LogP contribution >= 0.6 is 0 Å². The molecule has 1 fully saturated rings. The lowest BCUT2D eigenvalue weighted by atomic mass is 9.77. The van der Waals surface area contributed by atoms with Gasteiger partial charge in [0.1, 0.15) is 0 Å². The van der Waals surface area contributed by atoms with E-state index in [1.165, 1.54) is 24.9 Å². The summed E-state index contributed by atoms with van der Waals surface area (Å²) in [4.78, 5) is 0. The zero-order valence-corrected chi connectivity index (χ0v) is 8.66. The number of nitrogens with one attached hydrogen (secondary N) is 1. The molecule has 0 spiro atoms. The number of hydrogen-bond acceptors (Lipinski definition) is 1. The van der Waals surface area contributed by atoms with Crippen LogP contribution in [0.3, 0.4) is 0 Å². The molecule has 1 aliphatic carbocycles. The van der Waals surface area contributed by atoms with Crippen LogP contribution in [0.2, 0.25) is 0 Å². The van der Waals surface area contributed by atoms with E-state index in [2.05, 4.69) is 36.5 Å². The molecule has 3 atom stereocenters. The molecule has 0 unspecified atom stereocenters. The number of anilines is 1. The summed E-state index contributed by atoms with van der Waals surface area (Å²) in [5.74, 6) is 1.69. The molecular formula is C13H17N. The van der Waals surface area contributed by atoms with Crippen molar-refractivity contribution in [2.24, 2.45) is 5.92 Å². The first kappa shape index (κ1) is 8.34. The minimum absolute atomic E-state index is 0.726. The van der Waals surface area contributed by atoms with Crippen LogP contribution in [0.4, 0.5) is 5.69 Å². The van der Waals surface area contributed by atoms with Crippen LogP contribution in [0, 0.1) is 5.92 Å². The topological polar surface area (TPSA) is 12.0 Å². The molecule has 1 aromatic rings. The Kier molecular flexibility index (Phi) is 1.79. The van der Waals surface area contributed by atoms with E-state index >= 15 is 0 Å². The van der Waals surface area contributed by atoms with Crippen molar-refractivity contribution in [3.8, 4) is 0 Å². The van der Waals surface area contributed by atoms with Gasteiger partial charge in [-0.15, -0.1) is 0 Å². The molecular weight excluding hydrogens is 170 g/mol. The molecule has 0 radical (unpaired) electrons. The van der Waals surface area contributed by atoms with E-state index in [-0.39, 0.29) is 0 Å². The van der Waals surface area contributed by atoms with Gasteiger partial charge in [0, 0.05) is 17.6 Å². The van der Waals surface area contributed by atoms with Gasteiger partial charge >= 0.3 is 0 Å². The maximum Gasteiger partial charge on any atom is 0.0378 e. The van der Waals surface area contributed by atoms with Gasteiger partial charge in [0.05, 0.1) is 0 Å². The van der Waals surface area contributed by atoms with Crippen LogP contribution in [0.1, 0.15) is 37.7 Å². The monoisotopic (exact) mass is 187 g/mol. The lowest BCUT2D eigenvalue weighted by Gasteiger charge is -2.29. The Morgan fingerprint density at radius 1 is 1.21 bits per heavy atom. The minimum atomic E-state index is 0.726. The van der Waals surface area contributed by atoms with Gasteiger partial charge in [-0.1, -0.05) is 25.1 Å². The van der Waals surface area contributed by atoms with E-state index < -0.39 is 0 Å². The zero-order valence-electron chi connectivity index (χ0n) is 8.66. The van der Waals surface area contributed by atoms with Crippen molar-refractivity contribution < 1.29 is 0 Å². The predicted molar refractivity (Wildman–Crippen MR) is 59.6 cm³/mol. The zero-order chi connectivity index (χ0) is 9.54. The molecule has 1 heterocycles. The molecule has 0 aromatic heterocycles. The number of fused-ring (bicyclic) bond motifs is 3. The van der Waals surface area contributed by atoms with Crippen molar-refractivity contribution in [1.82, 2.24) is 0 Å². The SMILES string of the molecule is C[C@@H]1CC[C@H]2Nc3ccccc3[C@@H]2C1. The fraction of sp³-hybridized carbons (Fsp3) is 0.538. The van der Waals surface area contributed by atoms with Gasteiger partial charge in [0.2, 0.25) is 0 Å². The quantitative estimate of drug-likeness (QED) is 0.656. The van der Waals surface area contributed by atoms with E-state index in [1.807, 2.05) is 0 Å². The molecule has 0 bridgehead atoms. The Bertz CT molecular complexity index is 345. The van der Waals surface area contributed by atoms with Crippen molar-refractivity contribution >= 4 is 5.69 Å². The molecule has 14 heavy (non-hydrogen) atoms. The van der Waals surface area contributed by atoms with Crippen LogP contribution in [-0.2, 0) is 0 Å². The van der Waals surface area contributed by atoms with Crippen molar-refractivity contribution in [2.45, 2.75) is 38.1 Å². The summed E-state index contributed by atoms with van der Waals surface area (Å²) in [6, 6.07) is 9.54. The second kappa shape index (κ2) is 3.01. The molecule has 1 saturated carbocycles. The fourth-order valence-corrected chi connectivity index (χ4v) is 3.05. The molecule has 74 valence electrons. The lowest BCUT2D eigenvalue weighted by molar-refractivity contribution is 0.331. The number of para-hydroxylation sites is 1. The molecule has 1 N–H and O–H groups in total. The van der Waals surface area contributed by atoms with E-state index in [4.69, 9.17) is 0 Å². The normalized spacial score (nSPS) is 34.5. The third-order valence-electron chi connectivity index (χ3n) is 3.81. The molecule has 3 rings (SSSR count). The van der Waals surface area contributed by atoms with Gasteiger partial charge < -0.3 is 5.32 Å². The Labute approximate surface area is 85.5 Å². The summed E-state index contributed by atoms with van der Waals surface area (Å²) in [6.45, 7) is 2.39. The maximum atomic E-state index is 3.66. The van der Waals surface area contributed by atoms with Crippen molar-refractivity contribution in [3.63, 3.8) is 0 Å². The van der Waals surface area contributed by atoms with Gasteiger partial charge in [-0.2, -0.15) is 0 Å². The Balaban J connectivity index is 1.97. The van der Waals surface area contributed by atoms with Crippen LogP contribution in [0.5, 0.6) is 0 Å². The van der Waals surface area contributed by atoms with Gasteiger partial charge in [-0.25, -0.2) is 0 Å². The van der Waals surface area contributed by atoms with Crippen molar-refractivity contribution in [3.05, 3.63) is 29.8 Å². The van der Waals surface area contributed by atoms with Gasteiger partial charge in [-0.3, -0.25) is 0 Å². The van der Waals surface area contributed by atoms with Gasteiger partial charge in [0.15, 0.2) is 0 Å². The molecule has 1 aromatic carbocycles. The largest absolute Gasteiger partial charge is 0.381 e. The third kappa shape index (κ3) is 1.15. The van der Waals surface area contributed by atoms with Gasteiger partial charge in [0.25, 0.3) is 0 Å². The number of benzene rings is 1. The highest BCUT2D eigenvalue weighted by Gasteiger charge is 2.35. The number of hydrogen-bond donors (Lipinski definition) is 1. The first-order chi connectivity index (χ1) is 6.84. The van der Waals surface area contributed by atoms with E-state index in [0.717, 1.165) is 17.9 Å². The summed E-state index contributed by atoms with van der Waals surface area (Å²) in [5, 5.41) is 3.66. The molecule has 1 nitrogen and oxygen atoms in total. The van der Waals surface area contributed by atoms with Crippen LogP contribution in [0.25, 0.3) is 0 Å². The lowest BCUT2D eigenvalue weighted by Crippen LogP contribution is -2.27. The highest BCUT2D eigenvalue weighted by atomic mass is 15.0. The second-order valence-corrected chi connectivity index (χ2v) is 4.86. The van der Waals surface area contributed by atoms with Gasteiger partial charge in [-0.05, 0) is 36.8 Å². The smallest absolute Gasteiger partial charge is 0.0378 e. The summed E-state index contributed by atoms with van der Waals surface area (Å²) in [6.07, 6.45) is 4.11. The summed E-state index contributed by atoms with van der Waals surface area (Å²) in [7, 11) is 0. The molecule has 1 heteroatoms. The van der Waals surface area contributed by atoms with Crippen LogP contribution in [-0.4, -0.2) is 6.04 Å². The Hall–Kier alpha value is -0.980. The molecule has 0 amide bonds. The molecule has 2 aliphatic rings. The minimum Gasteiger partial charge on any atom is -0.381 e. The van der Waals surface area contributed by atoms with Crippen LogP contribution < -0.4 is 5.32 Å². The maximum absolute atomic E-state index is 3.66. The van der Waals surface area contributed by atoms with E-state index in [9.17, 15) is 0 Å². The highest BCUT2D eigenvalue weighted by molar-refractivity contribution is 5.59. The van der Waals surface area contributed by atoms with Crippen molar-refractivity contribution in [1.29, 1.82) is 0 Å². The predicted octanol–water partition coefficient (Wildman–Crippen LogP) is 3.38. The summed E-state index contributed by atoms with van der Waals surface area (Å²) >= 11 is 0. The highest BCUT2D eigenvalue weighted by Crippen LogP contribution is 2.45. The van der Waals surface area contributed by atoms with Crippen molar-refractivity contribution in [2.75, 3.05) is 5.32 Å². The Morgan fingerprint density at radius 3 is 3.00 bits per heavy atom. The average Bonchev–Trinajstić information content (AvgIpc) is 2.56. The summed E-state index contributed by atoms with van der Waals surface area (Å²) < 4.78 is 0. The standard InChI is InChI=1S/C13H17N/c1-9-6-7-13-11(8-9)10-4-2-3-5-12(10)14-13/h2-5,9,11,13-14H,6-8H2,1H3/t9-,11+,13-/m1/s1. The van der Waals surface area contributed by atoms with E-state index in [1.54, 1.807) is 5.56 Å². The molecule has 0 saturated heterocycles. The molecule has 1 aliphatic heterocycles. The first-order valence-corrected chi connectivity index (χ1v) is 5.70. The fourth-order valence-electron chi connectivity index (χ4n) is 3.05. The van der Waals surface area contributed by atoms with E-state index in [0.29, 0.717) is 0 Å². The average molecular weight is 187 g/mol. The Morgan fingerprint density at radius 2 is 2.07 bits per heavy atom. The number of rotatable bonds is 0.